The molecule has 2 nitrogen and oxygen atoms in total. The average molecular weight is 385 g/mol. The van der Waals surface area contributed by atoms with Crippen LogP contribution < -0.4 is 0 Å². The van der Waals surface area contributed by atoms with Gasteiger partial charge in [-0.1, -0.05) is 31.9 Å². The predicted octanol–water partition coefficient (Wildman–Crippen LogP) is 4.64. The summed E-state index contributed by atoms with van der Waals surface area (Å²) in [4.78, 5) is 14.8. The second-order valence-electron chi connectivity index (χ2n) is 5.81. The standard InChI is InChI=1S/C17H24INO/c1-3-6-14-8-5-11-19(12-10-14)17(20)15-9-4-7-13(2)16(15)18/h4,7,9,14H,3,5-6,8,10-12H2,1-2H3. The Morgan fingerprint density at radius 3 is 2.90 bits per heavy atom. The van der Waals surface area contributed by atoms with E-state index in [-0.39, 0.29) is 5.91 Å². The Morgan fingerprint density at radius 2 is 2.15 bits per heavy atom. The minimum absolute atomic E-state index is 0.218. The third-order valence-electron chi connectivity index (χ3n) is 4.25. The quantitative estimate of drug-likeness (QED) is 0.694. The van der Waals surface area contributed by atoms with E-state index in [1.165, 1.54) is 31.2 Å². The normalized spacial score (nSPS) is 19.8. The van der Waals surface area contributed by atoms with Crippen molar-refractivity contribution in [3.8, 4) is 0 Å². The van der Waals surface area contributed by atoms with Crippen LogP contribution in [0.2, 0.25) is 0 Å². The lowest BCUT2D eigenvalue weighted by Gasteiger charge is -2.21. The molecule has 0 saturated carbocycles. The Balaban J connectivity index is 2.07. The molecule has 1 aromatic rings. The van der Waals surface area contributed by atoms with Crippen molar-refractivity contribution >= 4 is 28.5 Å². The van der Waals surface area contributed by atoms with Crippen LogP contribution in [0.25, 0.3) is 0 Å². The van der Waals surface area contributed by atoms with Crippen LogP contribution in [0.1, 0.15) is 54.9 Å². The van der Waals surface area contributed by atoms with Gasteiger partial charge in [0.15, 0.2) is 0 Å². The molecule has 2 rings (SSSR count). The summed E-state index contributed by atoms with van der Waals surface area (Å²) in [5.74, 6) is 1.03. The van der Waals surface area contributed by atoms with E-state index in [1.54, 1.807) is 0 Å². The van der Waals surface area contributed by atoms with E-state index < -0.39 is 0 Å². The Kier molecular flexibility index (Phi) is 5.87. The van der Waals surface area contributed by atoms with Gasteiger partial charge in [0.2, 0.25) is 0 Å². The summed E-state index contributed by atoms with van der Waals surface area (Å²) >= 11 is 2.30. The van der Waals surface area contributed by atoms with Crippen LogP contribution in [0.3, 0.4) is 0 Å². The molecule has 1 heterocycles. The fourth-order valence-corrected chi connectivity index (χ4v) is 3.64. The molecule has 1 unspecified atom stereocenters. The molecule has 1 aliphatic heterocycles. The summed E-state index contributed by atoms with van der Waals surface area (Å²) in [6.07, 6.45) is 6.17. The molecule has 1 aliphatic rings. The summed E-state index contributed by atoms with van der Waals surface area (Å²) in [5.41, 5.74) is 2.06. The fourth-order valence-electron chi connectivity index (χ4n) is 3.05. The zero-order valence-electron chi connectivity index (χ0n) is 12.5. The molecule has 0 bridgehead atoms. The summed E-state index contributed by atoms with van der Waals surface area (Å²) < 4.78 is 1.10. The van der Waals surface area contributed by atoms with Gasteiger partial charge >= 0.3 is 0 Å². The van der Waals surface area contributed by atoms with Crippen LogP contribution in [0, 0.1) is 16.4 Å². The van der Waals surface area contributed by atoms with Crippen molar-refractivity contribution in [3.63, 3.8) is 0 Å². The molecule has 1 aromatic carbocycles. The summed E-state index contributed by atoms with van der Waals surface area (Å²) in [6, 6.07) is 6.02. The van der Waals surface area contributed by atoms with Crippen molar-refractivity contribution in [2.45, 2.75) is 46.0 Å². The van der Waals surface area contributed by atoms with E-state index in [2.05, 4.69) is 47.4 Å². The lowest BCUT2D eigenvalue weighted by Crippen LogP contribution is -2.32. The highest BCUT2D eigenvalue weighted by Crippen LogP contribution is 2.24. The Morgan fingerprint density at radius 1 is 1.35 bits per heavy atom. The van der Waals surface area contributed by atoms with Crippen molar-refractivity contribution in [2.75, 3.05) is 13.1 Å². The topological polar surface area (TPSA) is 20.3 Å². The van der Waals surface area contributed by atoms with Crippen molar-refractivity contribution in [2.24, 2.45) is 5.92 Å². The second-order valence-corrected chi connectivity index (χ2v) is 6.89. The largest absolute Gasteiger partial charge is 0.339 e. The first kappa shape index (κ1) is 15.8. The second kappa shape index (κ2) is 7.43. The fraction of sp³-hybridized carbons (Fsp3) is 0.588. The van der Waals surface area contributed by atoms with Crippen molar-refractivity contribution in [1.29, 1.82) is 0 Å². The minimum Gasteiger partial charge on any atom is -0.339 e. The minimum atomic E-state index is 0.218. The molecule has 0 radical (unpaired) electrons. The van der Waals surface area contributed by atoms with Gasteiger partial charge in [-0.25, -0.2) is 0 Å². The number of rotatable bonds is 3. The van der Waals surface area contributed by atoms with Gasteiger partial charge in [-0.3, -0.25) is 4.79 Å². The third kappa shape index (κ3) is 3.74. The number of benzene rings is 1. The smallest absolute Gasteiger partial charge is 0.254 e. The maximum atomic E-state index is 12.7. The third-order valence-corrected chi connectivity index (χ3v) is 5.69. The number of nitrogens with zero attached hydrogens (tertiary/aromatic N) is 1. The van der Waals surface area contributed by atoms with Gasteiger partial charge in [0.05, 0.1) is 5.56 Å². The van der Waals surface area contributed by atoms with Crippen molar-refractivity contribution in [1.82, 2.24) is 4.90 Å². The molecule has 0 N–H and O–H groups in total. The molecule has 1 saturated heterocycles. The van der Waals surface area contributed by atoms with Crippen LogP contribution in [-0.4, -0.2) is 23.9 Å². The Bertz CT molecular complexity index is 472. The molecule has 110 valence electrons. The van der Waals surface area contributed by atoms with Crippen LogP contribution in [0.15, 0.2) is 18.2 Å². The van der Waals surface area contributed by atoms with Gasteiger partial charge in [0.25, 0.3) is 5.91 Å². The molecule has 0 spiro atoms. The lowest BCUT2D eigenvalue weighted by atomic mass is 9.96. The van der Waals surface area contributed by atoms with Crippen LogP contribution in [0.5, 0.6) is 0 Å². The van der Waals surface area contributed by atoms with Gasteiger partial charge in [0, 0.05) is 16.7 Å². The number of halogens is 1. The molecular formula is C17H24INO. The highest BCUT2D eigenvalue weighted by molar-refractivity contribution is 14.1. The van der Waals surface area contributed by atoms with Gasteiger partial charge < -0.3 is 4.90 Å². The number of carbonyl (C=O) groups excluding carboxylic acids is 1. The Labute approximate surface area is 136 Å². The first-order valence-electron chi connectivity index (χ1n) is 7.68. The van der Waals surface area contributed by atoms with Crippen LogP contribution in [0.4, 0.5) is 0 Å². The molecule has 3 heteroatoms. The summed E-state index contributed by atoms with van der Waals surface area (Å²) in [6.45, 7) is 6.16. The molecule has 1 fully saturated rings. The highest BCUT2D eigenvalue weighted by Gasteiger charge is 2.22. The predicted molar refractivity (Wildman–Crippen MR) is 92.0 cm³/mol. The van der Waals surface area contributed by atoms with E-state index in [0.29, 0.717) is 0 Å². The SMILES string of the molecule is CCCC1CCCN(C(=O)c2cccc(C)c2I)CC1. The highest BCUT2D eigenvalue weighted by atomic mass is 127. The summed E-state index contributed by atoms with van der Waals surface area (Å²) in [7, 11) is 0. The maximum Gasteiger partial charge on any atom is 0.254 e. The number of likely N-dealkylation sites (tertiary alicyclic amines) is 1. The van der Waals surface area contributed by atoms with Crippen LogP contribution >= 0.6 is 22.6 Å². The zero-order chi connectivity index (χ0) is 14.5. The van der Waals surface area contributed by atoms with Gasteiger partial charge in [0.1, 0.15) is 0 Å². The number of aryl methyl sites for hydroxylation is 1. The maximum absolute atomic E-state index is 12.7. The molecule has 20 heavy (non-hydrogen) atoms. The summed E-state index contributed by atoms with van der Waals surface area (Å²) in [5, 5.41) is 0. The van der Waals surface area contributed by atoms with E-state index >= 15 is 0 Å². The molecule has 1 amide bonds. The van der Waals surface area contributed by atoms with E-state index in [0.717, 1.165) is 34.6 Å². The zero-order valence-corrected chi connectivity index (χ0v) is 14.7. The van der Waals surface area contributed by atoms with Gasteiger partial charge in [-0.2, -0.15) is 0 Å². The number of carbonyl (C=O) groups is 1. The first-order chi connectivity index (χ1) is 9.63. The first-order valence-corrected chi connectivity index (χ1v) is 8.75. The Hall–Kier alpha value is -0.580. The molecular weight excluding hydrogens is 361 g/mol. The van der Waals surface area contributed by atoms with E-state index in [4.69, 9.17) is 0 Å². The average Bonchev–Trinajstić information content (AvgIpc) is 2.67. The molecule has 1 atom stereocenters. The van der Waals surface area contributed by atoms with Crippen molar-refractivity contribution in [3.05, 3.63) is 32.9 Å². The molecule has 0 aromatic heterocycles. The lowest BCUT2D eigenvalue weighted by molar-refractivity contribution is 0.0758. The van der Waals surface area contributed by atoms with Crippen molar-refractivity contribution < 1.29 is 4.79 Å². The molecule has 0 aliphatic carbocycles. The van der Waals surface area contributed by atoms with E-state index in [1.807, 2.05) is 12.1 Å². The van der Waals surface area contributed by atoms with Crippen LogP contribution in [-0.2, 0) is 0 Å². The van der Waals surface area contributed by atoms with Gasteiger partial charge in [-0.15, -0.1) is 0 Å². The number of amides is 1. The number of hydrogen-bond donors (Lipinski definition) is 0. The van der Waals surface area contributed by atoms with E-state index in [9.17, 15) is 4.79 Å². The van der Waals surface area contributed by atoms with Gasteiger partial charge in [-0.05, 0) is 66.3 Å². The number of hydrogen-bond acceptors (Lipinski definition) is 1. The monoisotopic (exact) mass is 385 g/mol.